The highest BCUT2D eigenvalue weighted by molar-refractivity contribution is 5.80. The van der Waals surface area contributed by atoms with Gasteiger partial charge in [-0.05, 0) is 44.7 Å². The largest absolute Gasteiger partial charge is 0.377 e. The van der Waals surface area contributed by atoms with Gasteiger partial charge in [-0.2, -0.15) is 0 Å². The summed E-state index contributed by atoms with van der Waals surface area (Å²) in [5, 5.41) is 3.29. The van der Waals surface area contributed by atoms with E-state index in [0.717, 1.165) is 68.8 Å². The van der Waals surface area contributed by atoms with E-state index in [0.29, 0.717) is 6.54 Å². The first-order chi connectivity index (χ1) is 12.8. The van der Waals surface area contributed by atoms with E-state index in [1.165, 1.54) is 0 Å². The molecule has 6 nitrogen and oxygen atoms in total. The number of ether oxygens (including phenoxy) is 1. The second kappa shape index (κ2) is 7.76. The van der Waals surface area contributed by atoms with Crippen molar-refractivity contribution < 1.29 is 9.53 Å². The maximum Gasteiger partial charge on any atom is 0.237 e. The van der Waals surface area contributed by atoms with Crippen molar-refractivity contribution in [2.45, 2.75) is 51.3 Å². The molecule has 2 aliphatic rings. The summed E-state index contributed by atoms with van der Waals surface area (Å²) in [6.45, 7) is 5.81. The Kier molecular flexibility index (Phi) is 5.22. The van der Waals surface area contributed by atoms with Crippen LogP contribution >= 0.6 is 0 Å². The van der Waals surface area contributed by atoms with Crippen LogP contribution in [0.1, 0.15) is 44.5 Å². The maximum absolute atomic E-state index is 12.8. The molecule has 2 aliphatic heterocycles. The summed E-state index contributed by atoms with van der Waals surface area (Å²) in [6.07, 6.45) is 4.51. The second-order valence-electron chi connectivity index (χ2n) is 7.21. The monoisotopic (exact) mass is 356 g/mol. The number of benzene rings is 1. The number of likely N-dealkylation sites (tertiary alicyclic amines) is 1. The van der Waals surface area contributed by atoms with Gasteiger partial charge in [-0.15, -0.1) is 0 Å². The first kappa shape index (κ1) is 17.5. The number of rotatable bonds is 6. The third-order valence-corrected chi connectivity index (χ3v) is 5.54. The lowest BCUT2D eigenvalue weighted by Crippen LogP contribution is -2.40. The maximum atomic E-state index is 12.8. The van der Waals surface area contributed by atoms with Crippen molar-refractivity contribution in [3.63, 3.8) is 0 Å². The molecule has 2 saturated heterocycles. The summed E-state index contributed by atoms with van der Waals surface area (Å²) in [5.74, 6) is 1.19. The van der Waals surface area contributed by atoms with Gasteiger partial charge in [0.15, 0.2) is 0 Å². The topological polar surface area (TPSA) is 59.4 Å². The molecule has 0 aliphatic carbocycles. The normalized spacial score (nSPS) is 23.2. The molecule has 1 aromatic heterocycles. The van der Waals surface area contributed by atoms with Gasteiger partial charge in [0.25, 0.3) is 0 Å². The summed E-state index contributed by atoms with van der Waals surface area (Å²) in [6, 6.07) is 8.31. The fourth-order valence-corrected chi connectivity index (χ4v) is 4.26. The minimum absolute atomic E-state index is 0.0828. The molecule has 0 radical (unpaired) electrons. The quantitative estimate of drug-likeness (QED) is 0.864. The van der Waals surface area contributed by atoms with Gasteiger partial charge in [-0.25, -0.2) is 4.98 Å². The molecule has 0 saturated carbocycles. The van der Waals surface area contributed by atoms with Crippen LogP contribution in [0, 0.1) is 0 Å². The Bertz CT molecular complexity index is 766. The Morgan fingerprint density at radius 3 is 3.00 bits per heavy atom. The average Bonchev–Trinajstić information content (AvgIpc) is 3.39. The molecule has 0 spiro atoms. The van der Waals surface area contributed by atoms with E-state index in [2.05, 4.69) is 28.9 Å². The number of hydrogen-bond acceptors (Lipinski definition) is 4. The highest BCUT2D eigenvalue weighted by Crippen LogP contribution is 2.33. The zero-order valence-electron chi connectivity index (χ0n) is 15.5. The number of amides is 1. The number of nitrogens with one attached hydrogen (secondary N) is 1. The van der Waals surface area contributed by atoms with Crippen LogP contribution in [0.25, 0.3) is 11.0 Å². The predicted molar refractivity (Wildman–Crippen MR) is 101 cm³/mol. The molecule has 2 fully saturated rings. The van der Waals surface area contributed by atoms with Crippen LogP contribution in [0.15, 0.2) is 24.3 Å². The number of aromatic nitrogens is 2. The Labute approximate surface area is 154 Å². The van der Waals surface area contributed by atoms with Crippen LogP contribution in [0.4, 0.5) is 0 Å². The lowest BCUT2D eigenvalue weighted by Gasteiger charge is -2.25. The SMILES string of the molecule is CCn1c([C@H]2CCCN2C(=O)CNC[C@@H]2CCCO2)nc2ccccc21. The number of carbonyl (C=O) groups is 1. The number of aryl methyl sites for hydroxylation is 1. The van der Waals surface area contributed by atoms with E-state index in [-0.39, 0.29) is 18.1 Å². The smallest absolute Gasteiger partial charge is 0.237 e. The second-order valence-corrected chi connectivity index (χ2v) is 7.21. The van der Waals surface area contributed by atoms with Crippen molar-refractivity contribution in [1.29, 1.82) is 0 Å². The van der Waals surface area contributed by atoms with Crippen molar-refractivity contribution in [2.24, 2.45) is 0 Å². The van der Waals surface area contributed by atoms with Gasteiger partial charge in [-0.1, -0.05) is 12.1 Å². The third-order valence-electron chi connectivity index (χ3n) is 5.54. The van der Waals surface area contributed by atoms with E-state index >= 15 is 0 Å². The first-order valence-corrected chi connectivity index (χ1v) is 9.85. The average molecular weight is 356 g/mol. The zero-order chi connectivity index (χ0) is 17.9. The fraction of sp³-hybridized carbons (Fsp3) is 0.600. The lowest BCUT2D eigenvalue weighted by atomic mass is 10.2. The molecule has 2 aromatic rings. The van der Waals surface area contributed by atoms with E-state index in [4.69, 9.17) is 9.72 Å². The Balaban J connectivity index is 1.46. The van der Waals surface area contributed by atoms with Crippen molar-refractivity contribution >= 4 is 16.9 Å². The van der Waals surface area contributed by atoms with E-state index in [1.807, 2.05) is 17.0 Å². The van der Waals surface area contributed by atoms with E-state index < -0.39 is 0 Å². The molecule has 6 heteroatoms. The molecule has 1 N–H and O–H groups in total. The van der Waals surface area contributed by atoms with Gasteiger partial charge in [0.05, 0.1) is 29.7 Å². The van der Waals surface area contributed by atoms with Gasteiger partial charge in [-0.3, -0.25) is 4.79 Å². The number of hydrogen-bond donors (Lipinski definition) is 1. The van der Waals surface area contributed by atoms with E-state index in [9.17, 15) is 4.79 Å². The van der Waals surface area contributed by atoms with Crippen LogP contribution in [-0.4, -0.2) is 52.7 Å². The highest BCUT2D eigenvalue weighted by Gasteiger charge is 2.33. The van der Waals surface area contributed by atoms with Crippen molar-refractivity contribution in [2.75, 3.05) is 26.2 Å². The Morgan fingerprint density at radius 1 is 1.31 bits per heavy atom. The standard InChI is InChI=1S/C20H28N4O2/c1-2-23-17-9-4-3-8-16(17)22-20(23)18-10-5-11-24(18)19(25)14-21-13-15-7-6-12-26-15/h3-4,8-9,15,18,21H,2,5-7,10-14H2,1H3/t15-,18+/m0/s1. The Hall–Kier alpha value is -1.92. The van der Waals surface area contributed by atoms with Crippen LogP contribution in [0.2, 0.25) is 0 Å². The van der Waals surface area contributed by atoms with Crippen molar-refractivity contribution in [1.82, 2.24) is 19.8 Å². The molecule has 2 atom stereocenters. The van der Waals surface area contributed by atoms with Gasteiger partial charge in [0, 0.05) is 26.2 Å². The summed E-state index contributed by atoms with van der Waals surface area (Å²) in [4.78, 5) is 19.7. The summed E-state index contributed by atoms with van der Waals surface area (Å²) in [5.41, 5.74) is 2.17. The van der Waals surface area contributed by atoms with Crippen LogP contribution in [0.5, 0.6) is 0 Å². The molecular weight excluding hydrogens is 328 g/mol. The number of imidazole rings is 1. The molecule has 26 heavy (non-hydrogen) atoms. The molecule has 1 amide bonds. The summed E-state index contributed by atoms with van der Waals surface area (Å²) < 4.78 is 7.87. The minimum Gasteiger partial charge on any atom is -0.377 e. The van der Waals surface area contributed by atoms with Crippen molar-refractivity contribution in [3.8, 4) is 0 Å². The number of nitrogens with zero attached hydrogens (tertiary/aromatic N) is 3. The molecule has 4 rings (SSSR count). The van der Waals surface area contributed by atoms with Gasteiger partial charge < -0.3 is 19.5 Å². The van der Waals surface area contributed by atoms with Crippen LogP contribution in [-0.2, 0) is 16.1 Å². The highest BCUT2D eigenvalue weighted by atomic mass is 16.5. The lowest BCUT2D eigenvalue weighted by molar-refractivity contribution is -0.131. The Morgan fingerprint density at radius 2 is 2.19 bits per heavy atom. The molecule has 3 heterocycles. The summed E-state index contributed by atoms with van der Waals surface area (Å²) in [7, 11) is 0. The van der Waals surface area contributed by atoms with Gasteiger partial charge in [0.1, 0.15) is 5.82 Å². The molecule has 0 bridgehead atoms. The molecule has 0 unspecified atom stereocenters. The number of fused-ring (bicyclic) bond motifs is 1. The minimum atomic E-state index is 0.0828. The van der Waals surface area contributed by atoms with Gasteiger partial charge in [0.2, 0.25) is 5.91 Å². The zero-order valence-corrected chi connectivity index (χ0v) is 15.5. The van der Waals surface area contributed by atoms with Crippen LogP contribution < -0.4 is 5.32 Å². The summed E-state index contributed by atoms with van der Waals surface area (Å²) >= 11 is 0. The predicted octanol–water partition coefficient (Wildman–Crippen LogP) is 2.49. The van der Waals surface area contributed by atoms with Gasteiger partial charge >= 0.3 is 0 Å². The third kappa shape index (κ3) is 3.35. The number of para-hydroxylation sites is 2. The molecule has 1 aromatic carbocycles. The molecular formula is C20H28N4O2. The van der Waals surface area contributed by atoms with Crippen LogP contribution in [0.3, 0.4) is 0 Å². The fourth-order valence-electron chi connectivity index (χ4n) is 4.26. The number of carbonyl (C=O) groups excluding carboxylic acids is 1. The first-order valence-electron chi connectivity index (χ1n) is 9.85. The van der Waals surface area contributed by atoms with E-state index in [1.54, 1.807) is 0 Å². The van der Waals surface area contributed by atoms with Crippen molar-refractivity contribution in [3.05, 3.63) is 30.1 Å². The molecule has 140 valence electrons.